The van der Waals surface area contributed by atoms with Crippen LogP contribution in [0.15, 0.2) is 71.7 Å². The van der Waals surface area contributed by atoms with E-state index in [1.807, 2.05) is 52.1 Å². The molecule has 2 heterocycles. The molecule has 100 valence electrons. The molecule has 0 aliphatic rings. The van der Waals surface area contributed by atoms with Crippen molar-refractivity contribution in [3.63, 3.8) is 0 Å². The molecule has 3 aromatic rings. The fourth-order valence-electron chi connectivity index (χ4n) is 1.97. The van der Waals surface area contributed by atoms with Gasteiger partial charge in [-0.1, -0.05) is 40.2 Å². The Morgan fingerprint density at radius 2 is 1.60 bits per heavy atom. The van der Waals surface area contributed by atoms with Gasteiger partial charge in [0.25, 0.3) is 0 Å². The number of nitrogens with zero attached hydrogens (tertiary/aromatic N) is 4. The average Bonchev–Trinajstić information content (AvgIpc) is 3.14. The van der Waals surface area contributed by atoms with Crippen molar-refractivity contribution < 1.29 is 0 Å². The average molecular weight is 329 g/mol. The maximum absolute atomic E-state index is 4.30. The van der Waals surface area contributed by atoms with Gasteiger partial charge in [0.05, 0.1) is 0 Å². The van der Waals surface area contributed by atoms with E-state index < -0.39 is 0 Å². The lowest BCUT2D eigenvalue weighted by molar-refractivity contribution is 0.433. The molecule has 0 aliphatic heterocycles. The predicted octanol–water partition coefficient (Wildman–Crippen LogP) is 3.60. The first-order valence-corrected chi connectivity index (χ1v) is 7.05. The van der Waals surface area contributed by atoms with E-state index in [0.717, 1.165) is 10.0 Å². The van der Waals surface area contributed by atoms with Crippen molar-refractivity contribution in [3.05, 3.63) is 77.3 Å². The zero-order chi connectivity index (χ0) is 13.8. The summed E-state index contributed by atoms with van der Waals surface area (Å²) in [5, 5.41) is 8.60. The second kappa shape index (κ2) is 5.88. The summed E-state index contributed by atoms with van der Waals surface area (Å²) < 4.78 is 4.79. The monoisotopic (exact) mass is 328 g/mol. The molecule has 3 rings (SSSR count). The zero-order valence-corrected chi connectivity index (χ0v) is 12.3. The third-order valence-corrected chi connectivity index (χ3v) is 3.67. The summed E-state index contributed by atoms with van der Waals surface area (Å²) in [6.07, 6.45) is 11.4. The van der Waals surface area contributed by atoms with Gasteiger partial charge in [0.15, 0.2) is 6.17 Å². The van der Waals surface area contributed by atoms with E-state index in [9.17, 15) is 0 Å². The molecule has 0 N–H and O–H groups in total. The molecular weight excluding hydrogens is 316 g/mol. The topological polar surface area (TPSA) is 35.6 Å². The van der Waals surface area contributed by atoms with Crippen LogP contribution in [0.4, 0.5) is 0 Å². The van der Waals surface area contributed by atoms with Crippen LogP contribution in [-0.4, -0.2) is 19.6 Å². The second-order valence-corrected chi connectivity index (χ2v) is 5.12. The highest BCUT2D eigenvalue weighted by Gasteiger charge is 2.09. The minimum Gasteiger partial charge on any atom is -0.244 e. The van der Waals surface area contributed by atoms with E-state index in [4.69, 9.17) is 0 Å². The highest BCUT2D eigenvalue weighted by Crippen LogP contribution is 2.19. The van der Waals surface area contributed by atoms with Crippen molar-refractivity contribution in [1.82, 2.24) is 19.6 Å². The molecule has 0 unspecified atom stereocenters. The Hall–Kier alpha value is -2.14. The maximum Gasteiger partial charge on any atom is 0.162 e. The summed E-state index contributed by atoms with van der Waals surface area (Å²) in [4.78, 5) is 0. The molecule has 2 aromatic heterocycles. The Kier molecular flexibility index (Phi) is 3.78. The molecular formula is C15H13BrN4. The standard InChI is InChI=1S/C15H13BrN4/c16-14-6-2-1-5-13(14)7-8-15(19-11-3-9-17-19)20-12-4-10-18-20/h1-12,15H/b8-7+. The molecule has 0 amide bonds. The molecule has 1 aromatic carbocycles. The maximum atomic E-state index is 4.30. The van der Waals surface area contributed by atoms with Crippen molar-refractivity contribution in [1.29, 1.82) is 0 Å². The second-order valence-electron chi connectivity index (χ2n) is 4.27. The van der Waals surface area contributed by atoms with Gasteiger partial charge in [-0.3, -0.25) is 0 Å². The summed E-state index contributed by atoms with van der Waals surface area (Å²) >= 11 is 3.55. The number of hydrogen-bond acceptors (Lipinski definition) is 2. The highest BCUT2D eigenvalue weighted by atomic mass is 79.9. The summed E-state index contributed by atoms with van der Waals surface area (Å²) in [7, 11) is 0. The zero-order valence-electron chi connectivity index (χ0n) is 10.7. The van der Waals surface area contributed by atoms with Crippen molar-refractivity contribution >= 4 is 22.0 Å². The number of rotatable bonds is 4. The van der Waals surface area contributed by atoms with Crippen LogP contribution in [0.3, 0.4) is 0 Å². The van der Waals surface area contributed by atoms with Crippen LogP contribution in [0.1, 0.15) is 11.7 Å². The number of benzene rings is 1. The molecule has 20 heavy (non-hydrogen) atoms. The molecule has 0 aliphatic carbocycles. The van der Waals surface area contributed by atoms with Crippen LogP contribution in [-0.2, 0) is 0 Å². The lowest BCUT2D eigenvalue weighted by Crippen LogP contribution is -2.16. The number of halogens is 1. The normalized spacial score (nSPS) is 11.5. The van der Waals surface area contributed by atoms with Gasteiger partial charge in [0.1, 0.15) is 0 Å². The van der Waals surface area contributed by atoms with Crippen molar-refractivity contribution in [2.75, 3.05) is 0 Å². The first-order valence-electron chi connectivity index (χ1n) is 6.25. The summed E-state index contributed by atoms with van der Waals surface area (Å²) in [5.41, 5.74) is 1.12. The number of hydrogen-bond donors (Lipinski definition) is 0. The predicted molar refractivity (Wildman–Crippen MR) is 82.1 cm³/mol. The largest absolute Gasteiger partial charge is 0.244 e. The van der Waals surface area contributed by atoms with Gasteiger partial charge in [-0.2, -0.15) is 10.2 Å². The fourth-order valence-corrected chi connectivity index (χ4v) is 2.39. The van der Waals surface area contributed by atoms with E-state index in [-0.39, 0.29) is 6.17 Å². The first kappa shape index (κ1) is 12.9. The van der Waals surface area contributed by atoms with Gasteiger partial charge in [0.2, 0.25) is 0 Å². The molecule has 0 fully saturated rings. The Labute approximate surface area is 125 Å². The molecule has 0 bridgehead atoms. The van der Waals surface area contributed by atoms with E-state index in [1.54, 1.807) is 12.4 Å². The summed E-state index contributed by atoms with van der Waals surface area (Å²) in [6, 6.07) is 11.9. The molecule has 4 nitrogen and oxygen atoms in total. The Morgan fingerprint density at radius 1 is 0.950 bits per heavy atom. The Bertz CT molecular complexity index is 652. The van der Waals surface area contributed by atoms with Gasteiger partial charge in [0, 0.05) is 29.3 Å². The van der Waals surface area contributed by atoms with Crippen molar-refractivity contribution in [2.45, 2.75) is 6.17 Å². The molecule has 0 saturated carbocycles. The first-order chi connectivity index (χ1) is 9.84. The quantitative estimate of drug-likeness (QED) is 0.733. The Balaban J connectivity index is 1.94. The Morgan fingerprint density at radius 3 is 2.15 bits per heavy atom. The lowest BCUT2D eigenvalue weighted by Gasteiger charge is -2.14. The van der Waals surface area contributed by atoms with Gasteiger partial charge in [-0.25, -0.2) is 9.36 Å². The van der Waals surface area contributed by atoms with E-state index in [2.05, 4.69) is 44.3 Å². The van der Waals surface area contributed by atoms with Gasteiger partial charge >= 0.3 is 0 Å². The van der Waals surface area contributed by atoms with E-state index >= 15 is 0 Å². The van der Waals surface area contributed by atoms with Gasteiger partial charge in [-0.15, -0.1) is 0 Å². The fraction of sp³-hybridized carbons (Fsp3) is 0.0667. The van der Waals surface area contributed by atoms with Crippen molar-refractivity contribution in [3.8, 4) is 0 Å². The highest BCUT2D eigenvalue weighted by molar-refractivity contribution is 9.10. The molecule has 0 spiro atoms. The van der Waals surface area contributed by atoms with Crippen LogP contribution in [0.2, 0.25) is 0 Å². The number of allylic oxidation sites excluding steroid dienone is 1. The van der Waals surface area contributed by atoms with E-state index in [0.29, 0.717) is 0 Å². The minimum absolute atomic E-state index is 0.0768. The third kappa shape index (κ3) is 2.72. The molecule has 0 saturated heterocycles. The van der Waals surface area contributed by atoms with E-state index in [1.165, 1.54) is 0 Å². The van der Waals surface area contributed by atoms with Crippen LogP contribution in [0.5, 0.6) is 0 Å². The van der Waals surface area contributed by atoms with Gasteiger partial charge in [-0.05, 0) is 29.8 Å². The molecule has 5 heteroatoms. The third-order valence-electron chi connectivity index (χ3n) is 2.94. The lowest BCUT2D eigenvalue weighted by atomic mass is 10.2. The number of aromatic nitrogens is 4. The van der Waals surface area contributed by atoms with Crippen LogP contribution in [0, 0.1) is 0 Å². The van der Waals surface area contributed by atoms with Crippen LogP contribution in [0.25, 0.3) is 6.08 Å². The van der Waals surface area contributed by atoms with Crippen LogP contribution < -0.4 is 0 Å². The van der Waals surface area contributed by atoms with Crippen LogP contribution >= 0.6 is 15.9 Å². The minimum atomic E-state index is -0.0768. The summed E-state index contributed by atoms with van der Waals surface area (Å²) in [6.45, 7) is 0. The van der Waals surface area contributed by atoms with Crippen molar-refractivity contribution in [2.24, 2.45) is 0 Å². The molecule has 0 radical (unpaired) electrons. The smallest absolute Gasteiger partial charge is 0.162 e. The summed E-state index contributed by atoms with van der Waals surface area (Å²) in [5.74, 6) is 0. The SMILES string of the molecule is Brc1ccccc1/C=C/C(n1cccn1)n1cccn1. The van der Waals surface area contributed by atoms with Gasteiger partial charge < -0.3 is 0 Å². The molecule has 0 atom stereocenters.